The van der Waals surface area contributed by atoms with Crippen LogP contribution in [-0.4, -0.2) is 44.7 Å². The summed E-state index contributed by atoms with van der Waals surface area (Å²) in [6.07, 6.45) is 9.24. The number of ether oxygens (including phenoxy) is 4. The summed E-state index contributed by atoms with van der Waals surface area (Å²) in [4.78, 5) is 33.8. The lowest BCUT2D eigenvalue weighted by molar-refractivity contribution is -0.138. The van der Waals surface area contributed by atoms with E-state index >= 15 is 0 Å². The fourth-order valence-corrected chi connectivity index (χ4v) is 3.91. The molecule has 0 spiro atoms. The van der Waals surface area contributed by atoms with E-state index in [0.717, 1.165) is 65.1 Å². The number of hydrogen-bond donors (Lipinski definition) is 0. The van der Waals surface area contributed by atoms with E-state index in [2.05, 4.69) is 36.8 Å². The first-order chi connectivity index (χ1) is 21.5. The molecular formula is C37H36O7. The molecule has 7 heteroatoms. The molecule has 0 N–H and O–H groups in total. The van der Waals surface area contributed by atoms with E-state index in [4.69, 9.17) is 18.9 Å². The molecule has 226 valence electrons. The second-order valence-electron chi connectivity index (χ2n) is 9.62. The zero-order valence-corrected chi connectivity index (χ0v) is 24.8. The Labute approximate surface area is 259 Å². The number of unbranched alkanes of at least 4 members (excludes halogenated alkanes) is 2. The van der Waals surface area contributed by atoms with Crippen LogP contribution in [0.3, 0.4) is 0 Å². The third-order valence-corrected chi connectivity index (χ3v) is 6.32. The van der Waals surface area contributed by atoms with Gasteiger partial charge in [-0.2, -0.15) is 0 Å². The van der Waals surface area contributed by atoms with Crippen molar-refractivity contribution in [2.24, 2.45) is 0 Å². The van der Waals surface area contributed by atoms with Crippen LogP contribution in [-0.2, 0) is 23.9 Å². The molecule has 1 aliphatic rings. The normalized spacial score (nSPS) is 11.9. The minimum Gasteiger partial charge on any atom is -0.494 e. The topological polar surface area (TPSA) is 88.1 Å². The van der Waals surface area contributed by atoms with E-state index in [0.29, 0.717) is 57.7 Å². The van der Waals surface area contributed by atoms with Crippen molar-refractivity contribution < 1.29 is 33.3 Å². The van der Waals surface area contributed by atoms with Crippen LogP contribution in [0.5, 0.6) is 11.5 Å². The highest BCUT2D eigenvalue weighted by Crippen LogP contribution is 2.23. The van der Waals surface area contributed by atoms with Gasteiger partial charge in [-0.1, -0.05) is 36.8 Å². The van der Waals surface area contributed by atoms with Crippen molar-refractivity contribution in [2.45, 2.75) is 38.5 Å². The van der Waals surface area contributed by atoms with Crippen LogP contribution >= 0.6 is 0 Å². The first kappa shape index (κ1) is 33.2. The van der Waals surface area contributed by atoms with Crippen LogP contribution < -0.4 is 9.47 Å². The number of rotatable bonds is 15. The average Bonchev–Trinajstić information content (AvgIpc) is 3.06. The van der Waals surface area contributed by atoms with Gasteiger partial charge >= 0.3 is 11.9 Å². The average molecular weight is 593 g/mol. The molecule has 0 saturated carbocycles. The number of carbonyl (C=O) groups excluding carboxylic acids is 3. The van der Waals surface area contributed by atoms with Gasteiger partial charge in [-0.25, -0.2) is 9.59 Å². The van der Waals surface area contributed by atoms with Crippen LogP contribution in [0.1, 0.15) is 49.7 Å². The fraction of sp³-hybridized carbons (Fsp3) is 0.270. The van der Waals surface area contributed by atoms with Crippen LogP contribution in [0, 0.1) is 23.7 Å². The molecule has 0 fully saturated rings. The second kappa shape index (κ2) is 19.0. The van der Waals surface area contributed by atoms with Gasteiger partial charge in [-0.05, 0) is 93.1 Å². The molecule has 0 unspecified atom stereocenters. The van der Waals surface area contributed by atoms with Gasteiger partial charge in [0.15, 0.2) is 6.29 Å². The van der Waals surface area contributed by atoms with E-state index in [-0.39, 0.29) is 0 Å². The summed E-state index contributed by atoms with van der Waals surface area (Å²) in [5.41, 5.74) is 3.90. The molecule has 0 aliphatic heterocycles. The SMILES string of the molecule is C=CC(=O)OCCCCOc1ccc(C#CC2=CC(C=O)=C(C#Cc3ccc(OCCCCOC(=O)C=C)cc3)CC2)cc1. The van der Waals surface area contributed by atoms with Crippen molar-refractivity contribution in [1.29, 1.82) is 0 Å². The van der Waals surface area contributed by atoms with Gasteiger partial charge in [0.2, 0.25) is 0 Å². The molecule has 44 heavy (non-hydrogen) atoms. The highest BCUT2D eigenvalue weighted by Gasteiger charge is 2.10. The zero-order valence-electron chi connectivity index (χ0n) is 24.8. The lowest BCUT2D eigenvalue weighted by Crippen LogP contribution is -2.04. The minimum atomic E-state index is -0.418. The van der Waals surface area contributed by atoms with Gasteiger partial charge in [-0.15, -0.1) is 0 Å². The van der Waals surface area contributed by atoms with E-state index in [1.165, 1.54) is 0 Å². The predicted octanol–water partition coefficient (Wildman–Crippen LogP) is 6.08. The fourth-order valence-electron chi connectivity index (χ4n) is 3.91. The number of carbonyl (C=O) groups is 3. The van der Waals surface area contributed by atoms with Gasteiger partial charge in [-0.3, -0.25) is 4.79 Å². The number of benzene rings is 2. The van der Waals surface area contributed by atoms with Crippen molar-refractivity contribution in [1.82, 2.24) is 0 Å². The predicted molar refractivity (Wildman–Crippen MR) is 169 cm³/mol. The summed E-state index contributed by atoms with van der Waals surface area (Å²) in [5.74, 6) is 13.3. The Morgan fingerprint density at radius 1 is 0.659 bits per heavy atom. The summed E-state index contributed by atoms with van der Waals surface area (Å²) >= 11 is 0. The van der Waals surface area contributed by atoms with Gasteiger partial charge < -0.3 is 18.9 Å². The Morgan fingerprint density at radius 2 is 1.14 bits per heavy atom. The molecule has 0 bridgehead atoms. The number of hydrogen-bond acceptors (Lipinski definition) is 7. The largest absolute Gasteiger partial charge is 0.494 e. The Bertz CT molecular complexity index is 1490. The quantitative estimate of drug-likeness (QED) is 0.0814. The third-order valence-electron chi connectivity index (χ3n) is 6.32. The molecule has 0 saturated heterocycles. The van der Waals surface area contributed by atoms with Gasteiger partial charge in [0.25, 0.3) is 0 Å². The van der Waals surface area contributed by atoms with Crippen molar-refractivity contribution in [2.75, 3.05) is 26.4 Å². The lowest BCUT2D eigenvalue weighted by Gasteiger charge is -2.10. The molecule has 2 aromatic rings. The summed E-state index contributed by atoms with van der Waals surface area (Å²) in [6.45, 7) is 8.45. The molecule has 0 heterocycles. The maximum absolute atomic E-state index is 11.8. The van der Waals surface area contributed by atoms with Crippen LogP contribution in [0.15, 0.2) is 96.6 Å². The van der Waals surface area contributed by atoms with E-state index in [9.17, 15) is 14.4 Å². The molecule has 1 aliphatic carbocycles. The molecule has 0 amide bonds. The maximum atomic E-state index is 11.8. The van der Waals surface area contributed by atoms with Crippen LogP contribution in [0.25, 0.3) is 0 Å². The molecule has 0 radical (unpaired) electrons. The summed E-state index contributed by atoms with van der Waals surface area (Å²) in [7, 11) is 0. The summed E-state index contributed by atoms with van der Waals surface area (Å²) in [6, 6.07) is 15.0. The van der Waals surface area contributed by atoms with Crippen molar-refractivity contribution in [3.05, 3.63) is 108 Å². The van der Waals surface area contributed by atoms with Crippen LogP contribution in [0.2, 0.25) is 0 Å². The number of allylic oxidation sites excluding steroid dienone is 4. The smallest absolute Gasteiger partial charge is 0.330 e. The standard InChI is InChI=1S/C37H36O7/c1-3-36(39)43-25-7-5-23-41-34-19-13-29(14-20-34)9-10-31-12-18-32(33(27-31)28-38)17-11-30-15-21-35(22-16-30)42-24-6-8-26-44-37(40)4-2/h3-4,13-16,19-22,27-28H,1-2,5-8,12,18,23-26H2. The minimum absolute atomic E-state index is 0.344. The molecular weight excluding hydrogens is 556 g/mol. The highest BCUT2D eigenvalue weighted by molar-refractivity contribution is 5.82. The first-order valence-corrected chi connectivity index (χ1v) is 14.5. The Kier molecular flexibility index (Phi) is 14.4. The number of esters is 2. The van der Waals surface area contributed by atoms with Crippen molar-refractivity contribution in [3.8, 4) is 35.2 Å². The Hall–Kier alpha value is -5.27. The Balaban J connectivity index is 1.47. The summed E-state index contributed by atoms with van der Waals surface area (Å²) < 4.78 is 21.3. The molecule has 2 aromatic carbocycles. The Morgan fingerprint density at radius 3 is 1.61 bits per heavy atom. The zero-order chi connectivity index (χ0) is 31.4. The van der Waals surface area contributed by atoms with E-state index < -0.39 is 11.9 Å². The van der Waals surface area contributed by atoms with E-state index in [1.54, 1.807) is 0 Å². The molecule has 7 nitrogen and oxygen atoms in total. The molecule has 0 aromatic heterocycles. The molecule has 3 rings (SSSR count). The molecule has 0 atom stereocenters. The maximum Gasteiger partial charge on any atom is 0.330 e. The van der Waals surface area contributed by atoms with Gasteiger partial charge in [0, 0.05) is 40.0 Å². The lowest BCUT2D eigenvalue weighted by atomic mass is 9.93. The van der Waals surface area contributed by atoms with Crippen LogP contribution in [0.4, 0.5) is 0 Å². The number of aldehydes is 1. The second-order valence-corrected chi connectivity index (χ2v) is 9.62. The van der Waals surface area contributed by atoms with Gasteiger partial charge in [0.05, 0.1) is 26.4 Å². The van der Waals surface area contributed by atoms with E-state index in [1.807, 2.05) is 54.6 Å². The third kappa shape index (κ3) is 12.3. The highest BCUT2D eigenvalue weighted by atomic mass is 16.5. The van der Waals surface area contributed by atoms with Gasteiger partial charge in [0.1, 0.15) is 11.5 Å². The first-order valence-electron chi connectivity index (χ1n) is 14.5. The summed E-state index contributed by atoms with van der Waals surface area (Å²) in [5, 5.41) is 0. The van der Waals surface area contributed by atoms with Crippen molar-refractivity contribution >= 4 is 18.2 Å². The van der Waals surface area contributed by atoms with Crippen molar-refractivity contribution in [3.63, 3.8) is 0 Å². The monoisotopic (exact) mass is 592 g/mol.